The van der Waals surface area contributed by atoms with Gasteiger partial charge in [0.25, 0.3) is 0 Å². The molecule has 0 aliphatic carbocycles. The van der Waals surface area contributed by atoms with Crippen LogP contribution in [0, 0.1) is 23.2 Å². The number of rotatable bonds is 4. The number of hydrogen-bond acceptors (Lipinski definition) is 5. The second kappa shape index (κ2) is 7.30. The number of nitrogens with zero attached hydrogens (tertiary/aromatic N) is 3. The number of nitrogens with one attached hydrogen (secondary N) is 1. The van der Waals surface area contributed by atoms with Crippen LogP contribution in [0.2, 0.25) is 0 Å². The van der Waals surface area contributed by atoms with Gasteiger partial charge in [-0.3, -0.25) is 0 Å². The summed E-state index contributed by atoms with van der Waals surface area (Å²) >= 11 is 0. The minimum absolute atomic E-state index is 0.254. The van der Waals surface area contributed by atoms with Crippen LogP contribution in [0.25, 0.3) is 11.1 Å². The first kappa shape index (κ1) is 16.8. The third kappa shape index (κ3) is 3.49. The zero-order valence-corrected chi connectivity index (χ0v) is 14.5. The maximum atomic E-state index is 13.3. The highest BCUT2D eigenvalue weighted by Crippen LogP contribution is 2.33. The summed E-state index contributed by atoms with van der Waals surface area (Å²) in [4.78, 5) is 6.42. The van der Waals surface area contributed by atoms with Gasteiger partial charge in [-0.25, -0.2) is 9.37 Å². The Balaban J connectivity index is 1.62. The summed E-state index contributed by atoms with van der Waals surface area (Å²) < 4.78 is 18.7. The highest BCUT2D eigenvalue weighted by Gasteiger charge is 2.24. The Morgan fingerprint density at radius 1 is 1.23 bits per heavy atom. The maximum Gasteiger partial charge on any atom is 0.180 e. The first-order chi connectivity index (χ1) is 12.7. The Labute approximate surface area is 152 Å². The van der Waals surface area contributed by atoms with Gasteiger partial charge in [0.05, 0.1) is 18.8 Å². The molecule has 4 rings (SSSR count). The Bertz CT molecular complexity index is 825. The van der Waals surface area contributed by atoms with Gasteiger partial charge in [0.2, 0.25) is 0 Å². The lowest BCUT2D eigenvalue weighted by molar-refractivity contribution is 0.0699. The van der Waals surface area contributed by atoms with Gasteiger partial charge in [0.1, 0.15) is 11.6 Å². The zero-order chi connectivity index (χ0) is 17.9. The molecule has 6 heteroatoms. The summed E-state index contributed by atoms with van der Waals surface area (Å²) in [5.74, 6) is 1.15. The average Bonchev–Trinajstić information content (AvgIpc) is 3.10. The first-order valence-electron chi connectivity index (χ1n) is 8.98. The molecule has 134 valence electrons. The van der Waals surface area contributed by atoms with Crippen LogP contribution >= 0.6 is 0 Å². The van der Waals surface area contributed by atoms with Gasteiger partial charge in [0, 0.05) is 25.3 Å². The van der Waals surface area contributed by atoms with E-state index in [9.17, 15) is 9.65 Å². The number of halogens is 1. The van der Waals surface area contributed by atoms with Crippen LogP contribution in [-0.4, -0.2) is 29.6 Å². The fourth-order valence-electron chi connectivity index (χ4n) is 3.61. The normalized spacial score (nSPS) is 17.0. The maximum absolute atomic E-state index is 13.3. The molecule has 0 bridgehead atoms. The van der Waals surface area contributed by atoms with Crippen molar-refractivity contribution in [2.24, 2.45) is 5.92 Å². The molecule has 0 radical (unpaired) electrons. The number of anilines is 1. The lowest BCUT2D eigenvalue weighted by atomic mass is 9.99. The standard InChI is InChI=1S/C20H21FN4O/c21-16-3-1-15(2-4-16)17-9-20(23-10-14-5-7-26-8-6-14)24-19-12-25(13-22)11-18(17)19/h1-4,9,14H,5-8,10-12H2,(H,23,24). The minimum Gasteiger partial charge on any atom is -0.381 e. The molecule has 1 aromatic heterocycles. The zero-order valence-electron chi connectivity index (χ0n) is 14.5. The Hall–Kier alpha value is -2.65. The van der Waals surface area contributed by atoms with Crippen molar-refractivity contribution in [2.75, 3.05) is 25.1 Å². The van der Waals surface area contributed by atoms with E-state index >= 15 is 0 Å². The van der Waals surface area contributed by atoms with E-state index in [1.165, 1.54) is 12.1 Å². The van der Waals surface area contributed by atoms with Crippen LogP contribution in [0.5, 0.6) is 0 Å². The van der Waals surface area contributed by atoms with Crippen LogP contribution in [-0.2, 0) is 17.8 Å². The monoisotopic (exact) mass is 352 g/mol. The summed E-state index contributed by atoms with van der Waals surface area (Å²) in [6, 6.07) is 8.51. The van der Waals surface area contributed by atoms with Crippen molar-refractivity contribution in [2.45, 2.75) is 25.9 Å². The molecule has 1 saturated heterocycles. The molecule has 1 N–H and O–H groups in total. The third-order valence-corrected chi connectivity index (χ3v) is 5.11. The van der Waals surface area contributed by atoms with Gasteiger partial charge >= 0.3 is 0 Å². The lowest BCUT2D eigenvalue weighted by Crippen LogP contribution is -2.23. The Morgan fingerprint density at radius 3 is 2.73 bits per heavy atom. The molecule has 2 aliphatic heterocycles. The highest BCUT2D eigenvalue weighted by atomic mass is 19.1. The van der Waals surface area contributed by atoms with Gasteiger partial charge in [-0.2, -0.15) is 5.26 Å². The molecule has 0 unspecified atom stereocenters. The molecule has 0 saturated carbocycles. The number of fused-ring (bicyclic) bond motifs is 1. The summed E-state index contributed by atoms with van der Waals surface area (Å²) in [5.41, 5.74) is 3.93. The number of ether oxygens (including phenoxy) is 1. The molecular weight excluding hydrogens is 331 g/mol. The van der Waals surface area contributed by atoms with Gasteiger partial charge in [0.15, 0.2) is 6.19 Å². The molecule has 2 aromatic rings. The number of aromatic nitrogens is 1. The van der Waals surface area contributed by atoms with Gasteiger partial charge in [-0.15, -0.1) is 0 Å². The molecular formula is C20H21FN4O. The van der Waals surface area contributed by atoms with Crippen molar-refractivity contribution < 1.29 is 9.13 Å². The van der Waals surface area contributed by atoms with E-state index in [0.717, 1.165) is 60.8 Å². The highest BCUT2D eigenvalue weighted by molar-refractivity contribution is 5.72. The van der Waals surface area contributed by atoms with Crippen LogP contribution in [0.4, 0.5) is 10.2 Å². The number of pyridine rings is 1. The topological polar surface area (TPSA) is 61.2 Å². The third-order valence-electron chi connectivity index (χ3n) is 5.11. The minimum atomic E-state index is -0.254. The largest absolute Gasteiger partial charge is 0.381 e. The molecule has 26 heavy (non-hydrogen) atoms. The van der Waals surface area contributed by atoms with E-state index in [-0.39, 0.29) is 5.82 Å². The van der Waals surface area contributed by atoms with Gasteiger partial charge in [-0.1, -0.05) is 12.1 Å². The summed E-state index contributed by atoms with van der Waals surface area (Å²) in [7, 11) is 0. The summed E-state index contributed by atoms with van der Waals surface area (Å²) in [5, 5.41) is 12.7. The summed E-state index contributed by atoms with van der Waals surface area (Å²) in [6.45, 7) is 3.57. The SMILES string of the molecule is N#CN1Cc2nc(NCC3CCOCC3)cc(-c3ccc(F)cc3)c2C1. The molecule has 0 spiro atoms. The predicted molar refractivity (Wildman–Crippen MR) is 96.5 cm³/mol. The molecule has 2 aliphatic rings. The number of nitriles is 1. The predicted octanol–water partition coefficient (Wildman–Crippen LogP) is 3.52. The smallest absolute Gasteiger partial charge is 0.180 e. The quantitative estimate of drug-likeness (QED) is 0.853. The van der Waals surface area contributed by atoms with E-state index in [2.05, 4.69) is 11.5 Å². The van der Waals surface area contributed by atoms with Crippen molar-refractivity contribution in [1.82, 2.24) is 9.88 Å². The molecule has 0 atom stereocenters. The van der Waals surface area contributed by atoms with Crippen molar-refractivity contribution in [3.8, 4) is 17.3 Å². The fourth-order valence-corrected chi connectivity index (χ4v) is 3.61. The van der Waals surface area contributed by atoms with E-state index < -0.39 is 0 Å². The van der Waals surface area contributed by atoms with E-state index in [1.807, 2.05) is 6.07 Å². The second-order valence-corrected chi connectivity index (χ2v) is 6.88. The van der Waals surface area contributed by atoms with Crippen molar-refractivity contribution in [3.05, 3.63) is 47.4 Å². The molecule has 1 fully saturated rings. The molecule has 5 nitrogen and oxygen atoms in total. The number of hydrogen-bond donors (Lipinski definition) is 1. The van der Waals surface area contributed by atoms with Crippen LogP contribution < -0.4 is 5.32 Å². The van der Waals surface area contributed by atoms with E-state index in [1.54, 1.807) is 17.0 Å². The van der Waals surface area contributed by atoms with E-state index in [4.69, 9.17) is 9.72 Å². The van der Waals surface area contributed by atoms with Gasteiger partial charge in [-0.05, 0) is 48.1 Å². The molecule has 3 heterocycles. The van der Waals surface area contributed by atoms with Gasteiger partial charge < -0.3 is 15.0 Å². The molecule has 1 aromatic carbocycles. The fraction of sp³-hybridized carbons (Fsp3) is 0.400. The Morgan fingerprint density at radius 2 is 2.00 bits per heavy atom. The van der Waals surface area contributed by atoms with E-state index in [0.29, 0.717) is 19.0 Å². The van der Waals surface area contributed by atoms with Crippen molar-refractivity contribution in [3.63, 3.8) is 0 Å². The first-order valence-corrected chi connectivity index (χ1v) is 8.98. The van der Waals surface area contributed by atoms with Crippen LogP contribution in [0.15, 0.2) is 30.3 Å². The summed E-state index contributed by atoms with van der Waals surface area (Å²) in [6.07, 6.45) is 4.32. The second-order valence-electron chi connectivity index (χ2n) is 6.88. The lowest BCUT2D eigenvalue weighted by Gasteiger charge is -2.22. The average molecular weight is 352 g/mol. The van der Waals surface area contributed by atoms with Crippen molar-refractivity contribution in [1.29, 1.82) is 5.26 Å². The van der Waals surface area contributed by atoms with Crippen LogP contribution in [0.3, 0.4) is 0 Å². The number of benzene rings is 1. The Kier molecular flexibility index (Phi) is 4.72. The van der Waals surface area contributed by atoms with Crippen molar-refractivity contribution >= 4 is 5.82 Å². The van der Waals surface area contributed by atoms with Crippen LogP contribution in [0.1, 0.15) is 24.1 Å². The molecule has 0 amide bonds.